The van der Waals surface area contributed by atoms with Gasteiger partial charge in [-0.15, -0.1) is 0 Å². The second-order valence-electron chi connectivity index (χ2n) is 7.14. The number of carbonyl (C=O) groups excluding carboxylic acids is 1. The SMILES string of the molecule is C/C=C/NC(=NC)Nc1ncc(Br)cc1Oc1ccccc1.CCC(C=O)CCN.CCCC. The van der Waals surface area contributed by atoms with E-state index < -0.39 is 0 Å². The molecule has 0 radical (unpaired) electrons. The number of guanidine groups is 1. The molecule has 0 aliphatic carbocycles. The van der Waals surface area contributed by atoms with Gasteiger partial charge in [-0.1, -0.05) is 57.9 Å². The molecular formula is C26H40BrN5O2. The second-order valence-corrected chi connectivity index (χ2v) is 8.05. The van der Waals surface area contributed by atoms with Gasteiger partial charge in [0, 0.05) is 29.7 Å². The molecule has 188 valence electrons. The summed E-state index contributed by atoms with van der Waals surface area (Å²) in [7, 11) is 1.69. The minimum Gasteiger partial charge on any atom is -0.453 e. The van der Waals surface area contributed by atoms with Crippen molar-refractivity contribution in [1.29, 1.82) is 0 Å². The molecule has 1 unspecified atom stereocenters. The van der Waals surface area contributed by atoms with Crippen LogP contribution in [-0.2, 0) is 4.79 Å². The van der Waals surface area contributed by atoms with Gasteiger partial charge in [-0.3, -0.25) is 4.99 Å². The molecule has 0 bridgehead atoms. The normalized spacial score (nSPS) is 11.4. The summed E-state index contributed by atoms with van der Waals surface area (Å²) in [5, 5.41) is 6.13. The minimum atomic E-state index is 0.194. The van der Waals surface area contributed by atoms with E-state index in [4.69, 9.17) is 10.5 Å². The lowest BCUT2D eigenvalue weighted by Crippen LogP contribution is -2.26. The number of nitrogens with one attached hydrogen (secondary N) is 2. The second kappa shape index (κ2) is 20.9. The number of halogens is 1. The highest BCUT2D eigenvalue weighted by Crippen LogP contribution is 2.30. The van der Waals surface area contributed by atoms with Crippen molar-refractivity contribution in [3.8, 4) is 11.5 Å². The Kier molecular flexibility index (Phi) is 19.2. The number of aldehydes is 1. The summed E-state index contributed by atoms with van der Waals surface area (Å²) in [5.41, 5.74) is 5.22. The number of allylic oxidation sites excluding steroid dienone is 1. The van der Waals surface area contributed by atoms with Crippen LogP contribution >= 0.6 is 15.9 Å². The Morgan fingerprint density at radius 3 is 2.38 bits per heavy atom. The molecule has 1 atom stereocenters. The fourth-order valence-corrected chi connectivity index (χ4v) is 2.53. The van der Waals surface area contributed by atoms with Gasteiger partial charge in [0.1, 0.15) is 12.0 Å². The first-order chi connectivity index (χ1) is 16.5. The van der Waals surface area contributed by atoms with Crippen molar-refractivity contribution in [3.63, 3.8) is 0 Å². The summed E-state index contributed by atoms with van der Waals surface area (Å²) in [4.78, 5) is 18.5. The molecule has 0 amide bonds. The fourth-order valence-electron chi connectivity index (χ4n) is 2.22. The van der Waals surface area contributed by atoms with E-state index in [0.29, 0.717) is 24.1 Å². The van der Waals surface area contributed by atoms with Crippen LogP contribution in [0.25, 0.3) is 0 Å². The molecule has 4 N–H and O–H groups in total. The van der Waals surface area contributed by atoms with Gasteiger partial charge in [0.2, 0.25) is 5.96 Å². The molecule has 0 saturated carbocycles. The Morgan fingerprint density at radius 1 is 1.24 bits per heavy atom. The van der Waals surface area contributed by atoms with Crippen molar-refractivity contribution in [2.24, 2.45) is 16.6 Å². The van der Waals surface area contributed by atoms with Gasteiger partial charge in [0.15, 0.2) is 11.6 Å². The van der Waals surface area contributed by atoms with Crippen molar-refractivity contribution < 1.29 is 9.53 Å². The number of aromatic nitrogens is 1. The van der Waals surface area contributed by atoms with Crippen molar-refractivity contribution >= 4 is 34.0 Å². The number of anilines is 1. The molecule has 0 aliphatic rings. The minimum absolute atomic E-state index is 0.194. The number of para-hydroxylation sites is 1. The average molecular weight is 535 g/mol. The summed E-state index contributed by atoms with van der Waals surface area (Å²) >= 11 is 3.41. The smallest absolute Gasteiger partial charge is 0.200 e. The van der Waals surface area contributed by atoms with E-state index in [1.165, 1.54) is 12.8 Å². The standard InChI is InChI=1S/C16H17BrN4O.C6H13NO.C4H10/c1-3-9-19-16(18-2)21-15-14(10-12(17)11-20-15)22-13-7-5-4-6-8-13;1-2-6(5-8)3-4-7;1-3-4-2/h3-11H,1-2H3,(H2,18,19,20,21);5-6H,2-4,7H2,1H3;3-4H2,1-2H3/b9-3+;;. The van der Waals surface area contributed by atoms with Gasteiger partial charge >= 0.3 is 0 Å². The number of nitrogens with zero attached hydrogens (tertiary/aromatic N) is 2. The molecule has 8 heteroatoms. The van der Waals surface area contributed by atoms with Gasteiger partial charge in [0.05, 0.1) is 0 Å². The van der Waals surface area contributed by atoms with E-state index in [0.717, 1.165) is 29.4 Å². The van der Waals surface area contributed by atoms with Crippen LogP contribution in [0.5, 0.6) is 11.5 Å². The number of pyridine rings is 1. The summed E-state index contributed by atoms with van der Waals surface area (Å²) < 4.78 is 6.72. The summed E-state index contributed by atoms with van der Waals surface area (Å²) in [6.45, 7) is 8.90. The number of ether oxygens (including phenoxy) is 1. The number of carbonyl (C=O) groups is 1. The van der Waals surface area contributed by atoms with Gasteiger partial charge in [-0.2, -0.15) is 0 Å². The van der Waals surface area contributed by atoms with Crippen LogP contribution in [-0.4, -0.2) is 30.8 Å². The van der Waals surface area contributed by atoms with Crippen molar-refractivity contribution in [1.82, 2.24) is 10.3 Å². The largest absolute Gasteiger partial charge is 0.453 e. The molecule has 2 rings (SSSR count). The van der Waals surface area contributed by atoms with Crippen molar-refractivity contribution in [2.45, 2.75) is 53.4 Å². The van der Waals surface area contributed by atoms with E-state index in [9.17, 15) is 4.79 Å². The van der Waals surface area contributed by atoms with E-state index >= 15 is 0 Å². The van der Waals surface area contributed by atoms with Gasteiger partial charge in [-0.25, -0.2) is 4.98 Å². The predicted molar refractivity (Wildman–Crippen MR) is 147 cm³/mol. The maximum atomic E-state index is 10.1. The van der Waals surface area contributed by atoms with Crippen LogP contribution in [0.2, 0.25) is 0 Å². The van der Waals surface area contributed by atoms with E-state index in [2.05, 4.69) is 50.4 Å². The lowest BCUT2D eigenvalue weighted by atomic mass is 10.1. The highest BCUT2D eigenvalue weighted by Gasteiger charge is 2.09. The van der Waals surface area contributed by atoms with Crippen LogP contribution in [0.15, 0.2) is 64.3 Å². The molecule has 1 aromatic heterocycles. The first-order valence-corrected chi connectivity index (χ1v) is 12.4. The number of unbranched alkanes of at least 4 members (excludes halogenated alkanes) is 1. The Morgan fingerprint density at radius 2 is 1.91 bits per heavy atom. The van der Waals surface area contributed by atoms with E-state index in [1.807, 2.05) is 56.3 Å². The summed E-state index contributed by atoms with van der Waals surface area (Å²) in [6.07, 6.45) is 10.7. The third kappa shape index (κ3) is 14.4. The number of hydrogen-bond acceptors (Lipinski definition) is 5. The third-order valence-corrected chi connectivity index (χ3v) is 4.83. The molecule has 0 spiro atoms. The first kappa shape index (κ1) is 31.3. The van der Waals surface area contributed by atoms with Gasteiger partial charge in [0.25, 0.3) is 0 Å². The van der Waals surface area contributed by atoms with Crippen molar-refractivity contribution in [2.75, 3.05) is 18.9 Å². The fraction of sp³-hybridized carbons (Fsp3) is 0.423. The van der Waals surface area contributed by atoms with Crippen LogP contribution in [0, 0.1) is 5.92 Å². The van der Waals surface area contributed by atoms with Crippen LogP contribution in [0.3, 0.4) is 0 Å². The Bertz CT molecular complexity index is 842. The van der Waals surface area contributed by atoms with E-state index in [1.54, 1.807) is 19.4 Å². The van der Waals surface area contributed by atoms with E-state index in [-0.39, 0.29) is 5.92 Å². The van der Waals surface area contributed by atoms with Gasteiger partial charge < -0.3 is 25.9 Å². The van der Waals surface area contributed by atoms with Crippen LogP contribution < -0.4 is 21.1 Å². The Hall–Kier alpha value is -2.71. The maximum Gasteiger partial charge on any atom is 0.200 e. The topological polar surface area (TPSA) is 102 Å². The number of nitrogens with two attached hydrogens (primary N) is 1. The summed E-state index contributed by atoms with van der Waals surface area (Å²) in [5.74, 6) is 2.68. The Balaban J connectivity index is 0.000000754. The molecule has 0 saturated heterocycles. The quantitative estimate of drug-likeness (QED) is 0.192. The first-order valence-electron chi connectivity index (χ1n) is 11.6. The number of aliphatic imine (C=N–C) groups is 1. The number of benzene rings is 1. The highest BCUT2D eigenvalue weighted by molar-refractivity contribution is 9.10. The summed E-state index contributed by atoms with van der Waals surface area (Å²) in [6, 6.07) is 11.4. The molecule has 0 aliphatic heterocycles. The molecule has 2 aromatic rings. The average Bonchev–Trinajstić information content (AvgIpc) is 2.87. The molecule has 0 fully saturated rings. The predicted octanol–water partition coefficient (Wildman–Crippen LogP) is 6.52. The maximum absolute atomic E-state index is 10.1. The van der Waals surface area contributed by atoms with Gasteiger partial charge in [-0.05, 0) is 60.6 Å². The molecule has 7 nitrogen and oxygen atoms in total. The molecule has 1 heterocycles. The lowest BCUT2D eigenvalue weighted by molar-refractivity contribution is -0.111. The zero-order valence-electron chi connectivity index (χ0n) is 21.1. The molecular weight excluding hydrogens is 494 g/mol. The number of hydrogen-bond donors (Lipinski definition) is 3. The highest BCUT2D eigenvalue weighted by atomic mass is 79.9. The van der Waals surface area contributed by atoms with Crippen molar-refractivity contribution in [3.05, 3.63) is 59.3 Å². The monoisotopic (exact) mass is 533 g/mol. The number of rotatable bonds is 9. The Labute approximate surface area is 213 Å². The van der Waals surface area contributed by atoms with Crippen LogP contribution in [0.1, 0.15) is 53.4 Å². The van der Waals surface area contributed by atoms with Crippen LogP contribution in [0.4, 0.5) is 5.82 Å². The lowest BCUT2D eigenvalue weighted by Gasteiger charge is -2.13. The zero-order chi connectivity index (χ0) is 25.6. The third-order valence-electron chi connectivity index (χ3n) is 4.39. The molecule has 1 aromatic carbocycles. The molecule has 34 heavy (non-hydrogen) atoms. The zero-order valence-corrected chi connectivity index (χ0v) is 22.6.